The second-order valence-electron chi connectivity index (χ2n) is 11.7. The molecule has 2 atom stereocenters. The Balaban J connectivity index is 1.92. The van der Waals surface area contributed by atoms with E-state index in [0.29, 0.717) is 23.7 Å². The Kier molecular flexibility index (Phi) is 9.69. The summed E-state index contributed by atoms with van der Waals surface area (Å²) in [6, 6.07) is 13.2. The Morgan fingerprint density at radius 1 is 0.611 bits per heavy atom. The summed E-state index contributed by atoms with van der Waals surface area (Å²) in [5.41, 5.74) is 9.71. The number of nitrogens with zero attached hydrogens (tertiary/aromatic N) is 2. The highest BCUT2D eigenvalue weighted by Gasteiger charge is 2.27. The first kappa shape index (κ1) is 28.3. The van der Waals surface area contributed by atoms with Gasteiger partial charge in [-0.05, 0) is 79.0 Å². The molecule has 36 heavy (non-hydrogen) atoms. The maximum atomic E-state index is 6.69. The Bertz CT molecular complexity index is 953. The van der Waals surface area contributed by atoms with E-state index in [2.05, 4.69) is 106 Å². The van der Waals surface area contributed by atoms with Crippen LogP contribution in [0.5, 0.6) is 0 Å². The van der Waals surface area contributed by atoms with Gasteiger partial charge >= 0.3 is 0 Å². The minimum atomic E-state index is 0.0269. The summed E-state index contributed by atoms with van der Waals surface area (Å²) in [5.74, 6) is 1.73. The van der Waals surface area contributed by atoms with Gasteiger partial charge < -0.3 is 4.74 Å². The third kappa shape index (κ3) is 6.54. The van der Waals surface area contributed by atoms with Crippen LogP contribution in [0.25, 0.3) is 0 Å². The molecular formula is C33H48N2O. The van der Waals surface area contributed by atoms with E-state index in [1.807, 2.05) is 0 Å². The quantitative estimate of drug-likeness (QED) is 0.340. The number of benzene rings is 2. The number of hydrogen-bond donors (Lipinski definition) is 0. The third-order valence-corrected chi connectivity index (χ3v) is 7.45. The summed E-state index contributed by atoms with van der Waals surface area (Å²) in [6.45, 7) is 22.3. The van der Waals surface area contributed by atoms with E-state index in [1.54, 1.807) is 0 Å². The molecule has 2 unspecified atom stereocenters. The van der Waals surface area contributed by atoms with Gasteiger partial charge in [0.25, 0.3) is 0 Å². The van der Waals surface area contributed by atoms with Crippen molar-refractivity contribution in [1.82, 2.24) is 0 Å². The van der Waals surface area contributed by atoms with Gasteiger partial charge in [0.2, 0.25) is 0 Å². The van der Waals surface area contributed by atoms with Crippen LogP contribution in [0.4, 0.5) is 11.4 Å². The van der Waals surface area contributed by atoms with Crippen molar-refractivity contribution in [1.29, 1.82) is 0 Å². The highest BCUT2D eigenvalue weighted by molar-refractivity contribution is 5.92. The molecule has 0 saturated carbocycles. The Morgan fingerprint density at radius 2 is 0.917 bits per heavy atom. The maximum Gasteiger partial charge on any atom is 0.0962 e. The first-order valence-electron chi connectivity index (χ1n) is 14.0. The molecule has 196 valence electrons. The van der Waals surface area contributed by atoms with Gasteiger partial charge in [-0.1, -0.05) is 91.8 Å². The molecule has 0 aliphatic carbocycles. The molecule has 0 N–H and O–H groups in total. The summed E-state index contributed by atoms with van der Waals surface area (Å²) in [6.07, 6.45) is 3.21. The molecule has 3 rings (SSSR count). The van der Waals surface area contributed by atoms with Crippen LogP contribution in [0.3, 0.4) is 0 Å². The average Bonchev–Trinajstić information content (AvgIpc) is 2.83. The van der Waals surface area contributed by atoms with Crippen molar-refractivity contribution >= 4 is 22.8 Å². The molecule has 1 heterocycles. The lowest BCUT2D eigenvalue weighted by atomic mass is 9.92. The molecule has 1 fully saturated rings. The van der Waals surface area contributed by atoms with Crippen LogP contribution in [0.2, 0.25) is 0 Å². The van der Waals surface area contributed by atoms with Crippen LogP contribution in [0.15, 0.2) is 46.4 Å². The van der Waals surface area contributed by atoms with Crippen molar-refractivity contribution in [3.05, 3.63) is 58.7 Å². The Hall–Kier alpha value is -2.26. The minimum absolute atomic E-state index is 0.0269. The van der Waals surface area contributed by atoms with E-state index in [-0.39, 0.29) is 12.2 Å². The van der Waals surface area contributed by atoms with Crippen molar-refractivity contribution in [2.24, 2.45) is 9.98 Å². The predicted molar refractivity (Wildman–Crippen MR) is 157 cm³/mol. The molecule has 3 nitrogen and oxygen atoms in total. The molecule has 0 aromatic heterocycles. The van der Waals surface area contributed by atoms with Gasteiger partial charge in [0.05, 0.1) is 23.6 Å². The van der Waals surface area contributed by atoms with Gasteiger partial charge in [0.1, 0.15) is 0 Å². The number of rotatable bonds is 8. The van der Waals surface area contributed by atoms with Crippen molar-refractivity contribution < 1.29 is 4.74 Å². The van der Waals surface area contributed by atoms with E-state index in [1.165, 1.54) is 22.3 Å². The largest absolute Gasteiger partial charge is 0.363 e. The summed E-state index contributed by atoms with van der Waals surface area (Å²) in [4.78, 5) is 10.5. The molecular weight excluding hydrogens is 440 g/mol. The monoisotopic (exact) mass is 488 g/mol. The summed E-state index contributed by atoms with van der Waals surface area (Å²) >= 11 is 0. The molecule has 3 heteroatoms. The molecule has 1 aliphatic rings. The molecule has 1 saturated heterocycles. The van der Waals surface area contributed by atoms with Crippen molar-refractivity contribution in [3.8, 4) is 0 Å². The van der Waals surface area contributed by atoms with Crippen LogP contribution >= 0.6 is 0 Å². The SMILES string of the molecule is C/C(=N\c1c(C(C)C)cccc1C(C)C)C1CCCC(/C(C)=N/c2c(C(C)C)cccc2C(C)C)O1. The van der Waals surface area contributed by atoms with Gasteiger partial charge in [-0.15, -0.1) is 0 Å². The number of hydrogen-bond acceptors (Lipinski definition) is 3. The predicted octanol–water partition coefficient (Wildman–Crippen LogP) is 10.0. The van der Waals surface area contributed by atoms with Crippen molar-refractivity contribution in [3.63, 3.8) is 0 Å². The van der Waals surface area contributed by atoms with Gasteiger partial charge in [0, 0.05) is 11.4 Å². The second kappa shape index (κ2) is 12.3. The molecule has 0 bridgehead atoms. The summed E-state index contributed by atoms with van der Waals surface area (Å²) in [5, 5.41) is 0. The minimum Gasteiger partial charge on any atom is -0.363 e. The van der Waals surface area contributed by atoms with E-state index in [9.17, 15) is 0 Å². The molecule has 2 aromatic carbocycles. The number of ether oxygens (including phenoxy) is 1. The number of para-hydroxylation sites is 2. The van der Waals surface area contributed by atoms with Gasteiger partial charge in [0.15, 0.2) is 0 Å². The normalized spacial score (nSPS) is 19.7. The molecule has 0 amide bonds. The smallest absolute Gasteiger partial charge is 0.0962 e. The van der Waals surface area contributed by atoms with E-state index in [0.717, 1.165) is 42.1 Å². The van der Waals surface area contributed by atoms with E-state index < -0.39 is 0 Å². The zero-order valence-corrected chi connectivity index (χ0v) is 24.4. The van der Waals surface area contributed by atoms with Gasteiger partial charge in [-0.3, -0.25) is 9.98 Å². The van der Waals surface area contributed by atoms with Gasteiger partial charge in [-0.25, -0.2) is 0 Å². The maximum absolute atomic E-state index is 6.69. The fraction of sp³-hybridized carbons (Fsp3) is 0.576. The second-order valence-corrected chi connectivity index (χ2v) is 11.7. The van der Waals surface area contributed by atoms with Crippen molar-refractivity contribution in [2.75, 3.05) is 0 Å². The molecule has 0 spiro atoms. The highest BCUT2D eigenvalue weighted by atomic mass is 16.5. The summed E-state index contributed by atoms with van der Waals surface area (Å²) < 4.78 is 6.69. The molecule has 1 aliphatic heterocycles. The van der Waals surface area contributed by atoms with E-state index >= 15 is 0 Å². The first-order chi connectivity index (χ1) is 17.0. The fourth-order valence-corrected chi connectivity index (χ4v) is 5.22. The van der Waals surface area contributed by atoms with Crippen LogP contribution in [-0.2, 0) is 4.74 Å². The standard InChI is InChI=1S/C33H48N2O/c1-20(2)26-14-11-15-27(21(3)4)32(26)34-24(9)30-18-13-19-31(36-30)25(10)35-33-28(22(5)6)16-12-17-29(33)23(7)8/h11-12,14-17,20-23,30-31H,13,18-19H2,1-10H3/b34-24+,35-25+. The average molecular weight is 489 g/mol. The zero-order chi connectivity index (χ0) is 26.6. The number of aliphatic imine (C=N–C) groups is 2. The van der Waals surface area contributed by atoms with Gasteiger partial charge in [-0.2, -0.15) is 0 Å². The fourth-order valence-electron chi connectivity index (χ4n) is 5.22. The van der Waals surface area contributed by atoms with Crippen molar-refractivity contribution in [2.45, 2.75) is 124 Å². The molecule has 2 aromatic rings. The van der Waals surface area contributed by atoms with Crippen LogP contribution < -0.4 is 0 Å². The first-order valence-corrected chi connectivity index (χ1v) is 14.0. The lowest BCUT2D eigenvalue weighted by Crippen LogP contribution is -2.36. The Labute approximate surface area is 220 Å². The highest BCUT2D eigenvalue weighted by Crippen LogP contribution is 2.37. The zero-order valence-electron chi connectivity index (χ0n) is 24.4. The van der Waals surface area contributed by atoms with E-state index in [4.69, 9.17) is 14.7 Å². The van der Waals surface area contributed by atoms with Crippen LogP contribution in [0.1, 0.15) is 134 Å². The third-order valence-electron chi connectivity index (χ3n) is 7.45. The van der Waals surface area contributed by atoms with Crippen LogP contribution in [-0.4, -0.2) is 23.6 Å². The van der Waals surface area contributed by atoms with Crippen LogP contribution in [0, 0.1) is 0 Å². The molecule has 0 radical (unpaired) electrons. The lowest BCUT2D eigenvalue weighted by molar-refractivity contribution is 0.0230. The summed E-state index contributed by atoms with van der Waals surface area (Å²) in [7, 11) is 0. The Morgan fingerprint density at radius 3 is 1.19 bits per heavy atom. The lowest BCUT2D eigenvalue weighted by Gasteiger charge is -2.31. The topological polar surface area (TPSA) is 34.0 Å².